The Kier molecular flexibility index (Phi) is 5.71. The first-order valence-corrected chi connectivity index (χ1v) is 8.02. The molecule has 20 heavy (non-hydrogen) atoms. The number of benzene rings is 1. The molecule has 0 N–H and O–H groups in total. The molecule has 0 bridgehead atoms. The van der Waals surface area contributed by atoms with Crippen molar-refractivity contribution in [2.75, 3.05) is 27.7 Å². The van der Waals surface area contributed by atoms with Crippen molar-refractivity contribution in [3.8, 4) is 0 Å². The van der Waals surface area contributed by atoms with Crippen LogP contribution in [0.2, 0.25) is 0 Å². The maximum Gasteiger partial charge on any atom is 0.253 e. The predicted molar refractivity (Wildman–Crippen MR) is 79.2 cm³/mol. The van der Waals surface area contributed by atoms with Gasteiger partial charge in [-0.15, -0.1) is 0 Å². The van der Waals surface area contributed by atoms with Crippen LogP contribution in [0.1, 0.15) is 30.1 Å². The number of hydrogen-bond donors (Lipinski definition) is 0. The maximum atomic E-state index is 12.2. The second kappa shape index (κ2) is 6.85. The van der Waals surface area contributed by atoms with Crippen LogP contribution in [0.4, 0.5) is 0 Å². The van der Waals surface area contributed by atoms with Crippen LogP contribution < -0.4 is 0 Å². The van der Waals surface area contributed by atoms with E-state index in [4.69, 9.17) is 0 Å². The predicted octanol–water partition coefficient (Wildman–Crippen LogP) is 1.81. The van der Waals surface area contributed by atoms with Crippen LogP contribution in [-0.4, -0.2) is 51.2 Å². The number of rotatable bonds is 6. The van der Waals surface area contributed by atoms with Gasteiger partial charge in [-0.1, -0.05) is 19.4 Å². The average molecular weight is 298 g/mol. The summed E-state index contributed by atoms with van der Waals surface area (Å²) >= 11 is 0. The molecule has 0 unspecified atom stereocenters. The van der Waals surface area contributed by atoms with Crippen LogP contribution in [0.25, 0.3) is 0 Å². The third-order valence-electron chi connectivity index (χ3n) is 3.05. The van der Waals surface area contributed by atoms with Crippen LogP contribution in [0, 0.1) is 0 Å². The standard InChI is InChI=1S/C14H22N2O3S/c1-5-6-10-16(4)14(17)12-8-7-9-13(11-12)20(18,19)15(2)3/h7-9,11H,5-6,10H2,1-4H3. The molecule has 0 aliphatic heterocycles. The van der Waals surface area contributed by atoms with E-state index in [2.05, 4.69) is 6.92 Å². The Balaban J connectivity index is 3.02. The molecule has 112 valence electrons. The fraction of sp³-hybridized carbons (Fsp3) is 0.500. The number of sulfonamides is 1. The molecule has 1 rings (SSSR count). The first-order valence-electron chi connectivity index (χ1n) is 6.58. The lowest BCUT2D eigenvalue weighted by atomic mass is 10.2. The SMILES string of the molecule is CCCCN(C)C(=O)c1cccc(S(=O)(=O)N(C)C)c1. The Labute approximate surface area is 121 Å². The van der Waals surface area contributed by atoms with Crippen LogP contribution in [-0.2, 0) is 10.0 Å². The first-order chi connectivity index (χ1) is 9.30. The minimum atomic E-state index is -3.51. The molecule has 0 heterocycles. The Morgan fingerprint density at radius 3 is 2.40 bits per heavy atom. The zero-order chi connectivity index (χ0) is 15.3. The Hall–Kier alpha value is -1.40. The average Bonchev–Trinajstić information content (AvgIpc) is 2.43. The number of amides is 1. The van der Waals surface area contributed by atoms with Crippen molar-refractivity contribution in [3.05, 3.63) is 29.8 Å². The highest BCUT2D eigenvalue weighted by Gasteiger charge is 2.19. The van der Waals surface area contributed by atoms with Gasteiger partial charge in [-0.2, -0.15) is 0 Å². The molecule has 0 atom stereocenters. The molecule has 1 amide bonds. The largest absolute Gasteiger partial charge is 0.342 e. The number of nitrogens with zero attached hydrogens (tertiary/aromatic N) is 2. The molecule has 0 saturated carbocycles. The van der Waals surface area contributed by atoms with Crippen molar-refractivity contribution in [1.29, 1.82) is 0 Å². The summed E-state index contributed by atoms with van der Waals surface area (Å²) in [6, 6.07) is 6.16. The quantitative estimate of drug-likeness (QED) is 0.805. The van der Waals surface area contributed by atoms with Gasteiger partial charge >= 0.3 is 0 Å². The number of unbranched alkanes of at least 4 members (excludes halogenated alkanes) is 1. The van der Waals surface area contributed by atoms with Gasteiger partial charge in [0.25, 0.3) is 5.91 Å². The van der Waals surface area contributed by atoms with Crippen molar-refractivity contribution in [3.63, 3.8) is 0 Å². The summed E-state index contributed by atoms with van der Waals surface area (Å²) < 4.78 is 25.2. The van der Waals surface area contributed by atoms with E-state index < -0.39 is 10.0 Å². The summed E-state index contributed by atoms with van der Waals surface area (Å²) in [6.45, 7) is 2.72. The van der Waals surface area contributed by atoms with Crippen molar-refractivity contribution < 1.29 is 13.2 Å². The lowest BCUT2D eigenvalue weighted by molar-refractivity contribution is 0.0793. The summed E-state index contributed by atoms with van der Waals surface area (Å²) in [7, 11) is 1.15. The Morgan fingerprint density at radius 2 is 1.85 bits per heavy atom. The minimum Gasteiger partial charge on any atom is -0.342 e. The van der Waals surface area contributed by atoms with Gasteiger partial charge in [0.1, 0.15) is 0 Å². The highest BCUT2D eigenvalue weighted by atomic mass is 32.2. The van der Waals surface area contributed by atoms with Crippen molar-refractivity contribution in [2.45, 2.75) is 24.7 Å². The van der Waals surface area contributed by atoms with E-state index in [1.165, 1.54) is 26.2 Å². The van der Waals surface area contributed by atoms with Gasteiger partial charge in [-0.25, -0.2) is 12.7 Å². The normalized spacial score (nSPS) is 11.7. The third kappa shape index (κ3) is 3.80. The molecule has 0 radical (unpaired) electrons. The molecular formula is C14H22N2O3S. The van der Waals surface area contributed by atoms with E-state index in [9.17, 15) is 13.2 Å². The van der Waals surface area contributed by atoms with Gasteiger partial charge in [0.05, 0.1) is 4.90 Å². The van der Waals surface area contributed by atoms with Gasteiger partial charge in [0.15, 0.2) is 0 Å². The third-order valence-corrected chi connectivity index (χ3v) is 4.86. The highest BCUT2D eigenvalue weighted by molar-refractivity contribution is 7.89. The fourth-order valence-electron chi connectivity index (χ4n) is 1.72. The molecule has 0 aliphatic carbocycles. The lowest BCUT2D eigenvalue weighted by Gasteiger charge is -2.17. The maximum absolute atomic E-state index is 12.2. The Morgan fingerprint density at radius 1 is 1.20 bits per heavy atom. The molecule has 5 nitrogen and oxygen atoms in total. The summed E-state index contributed by atoms with van der Waals surface area (Å²) in [6.07, 6.45) is 1.94. The Bertz CT molecular complexity index is 568. The van der Waals surface area contributed by atoms with Gasteiger partial charge in [-0.05, 0) is 24.6 Å². The topological polar surface area (TPSA) is 57.7 Å². The summed E-state index contributed by atoms with van der Waals surface area (Å²) in [5, 5.41) is 0. The highest BCUT2D eigenvalue weighted by Crippen LogP contribution is 2.16. The van der Waals surface area contributed by atoms with Gasteiger partial charge in [0.2, 0.25) is 10.0 Å². The van der Waals surface area contributed by atoms with Gasteiger partial charge in [-0.3, -0.25) is 4.79 Å². The van der Waals surface area contributed by atoms with E-state index in [-0.39, 0.29) is 10.8 Å². The molecule has 6 heteroatoms. The first kappa shape index (κ1) is 16.7. The molecule has 0 saturated heterocycles. The van der Waals surface area contributed by atoms with E-state index in [1.807, 2.05) is 0 Å². The zero-order valence-corrected chi connectivity index (χ0v) is 13.3. The van der Waals surface area contributed by atoms with Crippen LogP contribution in [0.5, 0.6) is 0 Å². The molecule has 0 aromatic heterocycles. The summed E-state index contributed by atoms with van der Waals surface area (Å²) in [4.78, 5) is 14.0. The molecule has 0 fully saturated rings. The monoisotopic (exact) mass is 298 g/mol. The molecule has 1 aromatic rings. The van der Waals surface area contributed by atoms with E-state index >= 15 is 0 Å². The van der Waals surface area contributed by atoms with E-state index in [0.717, 1.165) is 17.1 Å². The van der Waals surface area contributed by atoms with E-state index in [0.29, 0.717) is 12.1 Å². The van der Waals surface area contributed by atoms with Crippen LogP contribution >= 0.6 is 0 Å². The lowest BCUT2D eigenvalue weighted by Crippen LogP contribution is -2.28. The smallest absolute Gasteiger partial charge is 0.253 e. The summed E-state index contributed by atoms with van der Waals surface area (Å²) in [5.41, 5.74) is 0.395. The van der Waals surface area contributed by atoms with Crippen LogP contribution in [0.15, 0.2) is 29.2 Å². The number of carbonyl (C=O) groups excluding carboxylic acids is 1. The zero-order valence-electron chi connectivity index (χ0n) is 12.5. The molecular weight excluding hydrogens is 276 g/mol. The molecule has 0 spiro atoms. The van der Waals surface area contributed by atoms with Gasteiger partial charge in [0, 0.05) is 33.3 Å². The second-order valence-corrected chi connectivity index (χ2v) is 7.05. The number of carbonyl (C=O) groups is 1. The number of hydrogen-bond acceptors (Lipinski definition) is 3. The van der Waals surface area contributed by atoms with Crippen molar-refractivity contribution in [1.82, 2.24) is 9.21 Å². The van der Waals surface area contributed by atoms with Crippen molar-refractivity contribution >= 4 is 15.9 Å². The minimum absolute atomic E-state index is 0.136. The van der Waals surface area contributed by atoms with E-state index in [1.54, 1.807) is 24.1 Å². The fourth-order valence-corrected chi connectivity index (χ4v) is 2.67. The molecule has 0 aliphatic rings. The second-order valence-electron chi connectivity index (χ2n) is 4.90. The molecule has 1 aromatic carbocycles. The van der Waals surface area contributed by atoms with Crippen LogP contribution in [0.3, 0.4) is 0 Å². The summed E-state index contributed by atoms with van der Waals surface area (Å²) in [5.74, 6) is -0.158. The van der Waals surface area contributed by atoms with Gasteiger partial charge < -0.3 is 4.90 Å². The van der Waals surface area contributed by atoms with Crippen molar-refractivity contribution in [2.24, 2.45) is 0 Å².